The number of anilines is 8. The van der Waals surface area contributed by atoms with Crippen molar-refractivity contribution in [3.63, 3.8) is 0 Å². The van der Waals surface area contributed by atoms with Crippen molar-refractivity contribution in [3.05, 3.63) is 119 Å². The number of carbonyl (C=O) groups is 2. The minimum absolute atomic E-state index is 0.00925. The van der Waals surface area contributed by atoms with Gasteiger partial charge < -0.3 is 30.7 Å². The predicted molar refractivity (Wildman–Crippen MR) is 280 cm³/mol. The number of ether oxygens (including phenoxy) is 2. The lowest BCUT2D eigenvalue weighted by molar-refractivity contribution is 0.0522. The third kappa shape index (κ3) is 12.5. The first kappa shape index (κ1) is 50.8. The van der Waals surface area contributed by atoms with Gasteiger partial charge in [0.05, 0.1) is 0 Å². The highest BCUT2D eigenvalue weighted by Crippen LogP contribution is 2.40. The smallest absolute Gasteiger partial charge is 0.422 e. The van der Waals surface area contributed by atoms with Crippen LogP contribution in [0.15, 0.2) is 97.1 Å². The third-order valence-electron chi connectivity index (χ3n) is 11.2. The Kier molecular flexibility index (Phi) is 13.8. The van der Waals surface area contributed by atoms with Crippen molar-refractivity contribution in [2.24, 2.45) is 0 Å². The fraction of sp³-hybridized carbons (Fsp3) is 0.429. The van der Waals surface area contributed by atoms with Crippen LogP contribution < -0.4 is 21.3 Å². The van der Waals surface area contributed by atoms with E-state index in [0.29, 0.717) is 11.4 Å². The van der Waals surface area contributed by atoms with E-state index in [2.05, 4.69) is 153 Å². The van der Waals surface area contributed by atoms with Crippen LogP contribution in [0.2, 0.25) is 0 Å². The van der Waals surface area contributed by atoms with Gasteiger partial charge in [-0.3, -0.25) is 0 Å². The Morgan fingerprint density at radius 2 is 0.588 bits per heavy atom. The van der Waals surface area contributed by atoms with E-state index in [-0.39, 0.29) is 56.6 Å². The molecule has 6 aromatic rings. The maximum Gasteiger partial charge on any atom is 0.422 e. The number of nitrogens with one attached hydrogen (secondary N) is 4. The molecule has 2 aromatic heterocycles. The van der Waals surface area contributed by atoms with Crippen LogP contribution in [0.4, 0.5) is 55.6 Å². The summed E-state index contributed by atoms with van der Waals surface area (Å²) in [7, 11) is 0. The van der Waals surface area contributed by atoms with E-state index in [1.807, 2.05) is 48.5 Å². The molecule has 0 saturated carbocycles. The second kappa shape index (κ2) is 18.5. The molecule has 68 heavy (non-hydrogen) atoms. The van der Waals surface area contributed by atoms with Crippen LogP contribution in [-0.2, 0) is 31.1 Å². The first-order valence-corrected chi connectivity index (χ1v) is 23.5. The molecule has 0 unspecified atom stereocenters. The van der Waals surface area contributed by atoms with Crippen LogP contribution in [0.1, 0.15) is 147 Å². The zero-order valence-corrected chi connectivity index (χ0v) is 43.7. The van der Waals surface area contributed by atoms with Gasteiger partial charge >= 0.3 is 12.2 Å². The molecule has 12 nitrogen and oxygen atoms in total. The molecular formula is C56H74N8O4. The molecule has 0 aliphatic carbocycles. The van der Waals surface area contributed by atoms with Gasteiger partial charge in [0, 0.05) is 22.7 Å². The lowest BCUT2D eigenvalue weighted by Gasteiger charge is -2.23. The summed E-state index contributed by atoms with van der Waals surface area (Å²) in [6.07, 6.45) is -1.49. The van der Waals surface area contributed by atoms with Gasteiger partial charge in [-0.05, 0) is 134 Å². The Morgan fingerprint density at radius 3 is 0.794 bits per heavy atom. The normalized spacial score (nSPS) is 12.7. The molecule has 0 aliphatic heterocycles. The van der Waals surface area contributed by atoms with Crippen LogP contribution in [0.3, 0.4) is 0 Å². The van der Waals surface area contributed by atoms with Crippen molar-refractivity contribution in [2.45, 2.75) is 157 Å². The molecule has 4 N–H and O–H groups in total. The highest BCUT2D eigenvalue weighted by atomic mass is 16.6. The molecule has 0 aliphatic rings. The van der Waals surface area contributed by atoms with E-state index >= 15 is 0 Å². The summed E-state index contributed by atoms with van der Waals surface area (Å²) in [4.78, 5) is 40.2. The highest BCUT2D eigenvalue weighted by molar-refractivity contribution is 5.93. The standard InChI is InChI=1S/C56H74N8O4/c1-51(2,3)35-19-27-39(28-20-35)57-43-45(59-41-31-23-37(24-32-41)53(7,8)9)63(49(65)67-55(13,14)15)47(61-43)48-62-44(58-40-29-21-36(22-30-40)52(4,5)6)46(64(48)50(66)68-56(16,17)18)60-42-33-25-38(26-34-42)54(10,11)12/h19-34,57-60H,1-18H3. The van der Waals surface area contributed by atoms with Crippen molar-refractivity contribution in [3.8, 4) is 11.6 Å². The molecule has 0 fully saturated rings. The fourth-order valence-corrected chi connectivity index (χ4v) is 7.28. The van der Waals surface area contributed by atoms with Crippen LogP contribution in [-0.4, -0.2) is 42.5 Å². The van der Waals surface area contributed by atoms with E-state index < -0.39 is 23.4 Å². The van der Waals surface area contributed by atoms with Crippen LogP contribution in [0.5, 0.6) is 0 Å². The van der Waals surface area contributed by atoms with Gasteiger partial charge in [0.15, 0.2) is 34.9 Å². The summed E-state index contributed by atoms with van der Waals surface area (Å²) in [5.41, 5.74) is 5.26. The quantitative estimate of drug-likeness (QED) is 0.111. The van der Waals surface area contributed by atoms with Crippen molar-refractivity contribution in [1.29, 1.82) is 0 Å². The molecular weight excluding hydrogens is 849 g/mol. The number of nitrogens with zero attached hydrogens (tertiary/aromatic N) is 4. The first-order valence-electron chi connectivity index (χ1n) is 23.5. The van der Waals surface area contributed by atoms with Crippen molar-refractivity contribution in [2.75, 3.05) is 21.3 Å². The minimum atomic E-state index is -0.918. The molecule has 0 spiro atoms. The maximum absolute atomic E-state index is 14.9. The zero-order valence-electron chi connectivity index (χ0n) is 43.7. The van der Waals surface area contributed by atoms with Gasteiger partial charge in [0.25, 0.3) is 0 Å². The Balaban J connectivity index is 1.67. The van der Waals surface area contributed by atoms with Crippen LogP contribution >= 0.6 is 0 Å². The largest absolute Gasteiger partial charge is 0.443 e. The first-order chi connectivity index (χ1) is 31.3. The van der Waals surface area contributed by atoms with Gasteiger partial charge in [-0.25, -0.2) is 28.7 Å². The molecule has 0 atom stereocenters. The summed E-state index contributed by atoms with van der Waals surface area (Å²) in [5.74, 6) is 1.11. The average molecular weight is 923 g/mol. The number of imidazole rings is 2. The Morgan fingerprint density at radius 1 is 0.368 bits per heavy atom. The molecule has 0 saturated heterocycles. The monoisotopic (exact) mass is 923 g/mol. The predicted octanol–water partition coefficient (Wildman–Crippen LogP) is 15.5. The van der Waals surface area contributed by atoms with Gasteiger partial charge in [-0.1, -0.05) is 132 Å². The lowest BCUT2D eigenvalue weighted by Crippen LogP contribution is -2.30. The molecule has 0 amide bonds. The topological polar surface area (TPSA) is 136 Å². The number of hydrogen-bond donors (Lipinski definition) is 4. The van der Waals surface area contributed by atoms with Crippen molar-refractivity contribution < 1.29 is 19.1 Å². The van der Waals surface area contributed by atoms with E-state index in [4.69, 9.17) is 19.4 Å². The molecule has 4 aromatic carbocycles. The summed E-state index contributed by atoms with van der Waals surface area (Å²) in [6, 6.07) is 32.3. The zero-order chi connectivity index (χ0) is 50.4. The Labute approximate surface area is 404 Å². The Hall–Kier alpha value is -6.56. The summed E-state index contributed by atoms with van der Waals surface area (Å²) in [5, 5.41) is 14.0. The maximum atomic E-state index is 14.9. The van der Waals surface area contributed by atoms with E-state index in [1.54, 1.807) is 41.5 Å². The minimum Gasteiger partial charge on any atom is -0.443 e. The summed E-state index contributed by atoms with van der Waals surface area (Å²) in [6.45, 7) is 36.8. The Bertz CT molecular complexity index is 2530. The van der Waals surface area contributed by atoms with E-state index in [0.717, 1.165) is 33.6 Å². The molecule has 2 heterocycles. The molecule has 362 valence electrons. The van der Waals surface area contributed by atoms with Crippen LogP contribution in [0.25, 0.3) is 11.6 Å². The van der Waals surface area contributed by atoms with Gasteiger partial charge in [-0.15, -0.1) is 0 Å². The van der Waals surface area contributed by atoms with Crippen LogP contribution in [0, 0.1) is 0 Å². The highest BCUT2D eigenvalue weighted by Gasteiger charge is 2.35. The third-order valence-corrected chi connectivity index (χ3v) is 11.2. The number of carbonyl (C=O) groups excluding carboxylic acids is 2. The summed E-state index contributed by atoms with van der Waals surface area (Å²) < 4.78 is 15.0. The molecule has 12 heteroatoms. The lowest BCUT2D eigenvalue weighted by atomic mass is 9.87. The second-order valence-electron chi connectivity index (χ2n) is 23.7. The summed E-state index contributed by atoms with van der Waals surface area (Å²) >= 11 is 0. The number of aromatic nitrogens is 4. The molecule has 0 radical (unpaired) electrons. The van der Waals surface area contributed by atoms with Gasteiger partial charge in [-0.2, -0.15) is 0 Å². The number of hydrogen-bond acceptors (Lipinski definition) is 10. The number of benzene rings is 4. The average Bonchev–Trinajstić information content (AvgIpc) is 3.73. The molecule has 6 rings (SSSR count). The number of rotatable bonds is 9. The SMILES string of the molecule is CC(C)(C)OC(=O)n1c(-c2nc(Nc3ccc(C(C)(C)C)cc3)c(Nc3ccc(C(C)(C)C)cc3)n2C(=O)OC(C)(C)C)nc(Nc2ccc(C(C)(C)C)cc2)c1Nc1ccc(C(C)(C)C)cc1. The van der Waals surface area contributed by atoms with E-state index in [9.17, 15) is 9.59 Å². The fourth-order valence-electron chi connectivity index (χ4n) is 7.28. The van der Waals surface area contributed by atoms with E-state index in [1.165, 1.54) is 9.13 Å². The van der Waals surface area contributed by atoms with Crippen molar-refractivity contribution >= 4 is 58.2 Å². The van der Waals surface area contributed by atoms with Crippen molar-refractivity contribution in [1.82, 2.24) is 19.1 Å². The second-order valence-corrected chi connectivity index (χ2v) is 23.7. The molecule has 0 bridgehead atoms. The van der Waals surface area contributed by atoms with Gasteiger partial charge in [0.2, 0.25) is 0 Å². The van der Waals surface area contributed by atoms with Gasteiger partial charge in [0.1, 0.15) is 11.2 Å².